The van der Waals surface area contributed by atoms with Gasteiger partial charge in [0.25, 0.3) is 0 Å². The van der Waals surface area contributed by atoms with E-state index in [1.807, 2.05) is 42.5 Å². The standard InChI is InChI=1S/C19H24N4O/c1-14-10-17(14)23-19(20-2)22-12-16-8-9-21-18(11-16)24-13-15-6-4-3-5-7-15/h3-9,11,14,17H,10,12-13H2,1-2H3,(H2,20,22,23). The maximum Gasteiger partial charge on any atom is 0.213 e. The van der Waals surface area contributed by atoms with Crippen LogP contribution in [0, 0.1) is 5.92 Å². The summed E-state index contributed by atoms with van der Waals surface area (Å²) in [6.45, 7) is 3.45. The van der Waals surface area contributed by atoms with Gasteiger partial charge in [-0.15, -0.1) is 0 Å². The molecule has 5 heteroatoms. The van der Waals surface area contributed by atoms with Crippen LogP contribution in [0.4, 0.5) is 0 Å². The highest BCUT2D eigenvalue weighted by molar-refractivity contribution is 5.80. The number of aromatic nitrogens is 1. The van der Waals surface area contributed by atoms with E-state index < -0.39 is 0 Å². The van der Waals surface area contributed by atoms with Crippen LogP contribution in [0.3, 0.4) is 0 Å². The molecule has 3 rings (SSSR count). The molecule has 0 aliphatic heterocycles. The van der Waals surface area contributed by atoms with Gasteiger partial charge in [0.1, 0.15) is 6.61 Å². The van der Waals surface area contributed by atoms with Gasteiger partial charge in [-0.1, -0.05) is 37.3 Å². The van der Waals surface area contributed by atoms with Crippen LogP contribution in [0.15, 0.2) is 53.7 Å². The molecule has 1 fully saturated rings. The van der Waals surface area contributed by atoms with Gasteiger partial charge < -0.3 is 15.4 Å². The lowest BCUT2D eigenvalue weighted by Gasteiger charge is -2.12. The predicted molar refractivity (Wildman–Crippen MR) is 95.9 cm³/mol. The molecular weight excluding hydrogens is 300 g/mol. The summed E-state index contributed by atoms with van der Waals surface area (Å²) in [7, 11) is 1.79. The number of aliphatic imine (C=N–C) groups is 1. The topological polar surface area (TPSA) is 58.5 Å². The molecule has 2 atom stereocenters. The molecule has 2 unspecified atom stereocenters. The number of guanidine groups is 1. The van der Waals surface area contributed by atoms with Crippen LogP contribution in [-0.2, 0) is 13.2 Å². The molecule has 1 aliphatic carbocycles. The van der Waals surface area contributed by atoms with Gasteiger partial charge in [-0.2, -0.15) is 0 Å². The lowest BCUT2D eigenvalue weighted by Crippen LogP contribution is -2.38. The number of benzene rings is 1. The summed E-state index contributed by atoms with van der Waals surface area (Å²) in [5.41, 5.74) is 2.24. The molecule has 1 aromatic heterocycles. The van der Waals surface area contributed by atoms with Crippen LogP contribution in [-0.4, -0.2) is 24.0 Å². The lowest BCUT2D eigenvalue weighted by atomic mass is 10.2. The van der Waals surface area contributed by atoms with Gasteiger partial charge in [0.15, 0.2) is 5.96 Å². The van der Waals surface area contributed by atoms with Gasteiger partial charge in [0.05, 0.1) is 0 Å². The Balaban J connectivity index is 1.51. The molecule has 5 nitrogen and oxygen atoms in total. The predicted octanol–water partition coefficient (Wildman–Crippen LogP) is 2.73. The molecule has 2 aromatic rings. The Morgan fingerprint density at radius 1 is 1.25 bits per heavy atom. The first-order valence-corrected chi connectivity index (χ1v) is 8.33. The van der Waals surface area contributed by atoms with Crippen molar-refractivity contribution in [2.45, 2.75) is 32.5 Å². The van der Waals surface area contributed by atoms with Crippen molar-refractivity contribution in [3.05, 3.63) is 59.8 Å². The number of pyridine rings is 1. The highest BCUT2D eigenvalue weighted by Gasteiger charge is 2.33. The Bertz CT molecular complexity index is 687. The largest absolute Gasteiger partial charge is 0.473 e. The molecule has 1 heterocycles. The Hall–Kier alpha value is -2.56. The summed E-state index contributed by atoms with van der Waals surface area (Å²) in [4.78, 5) is 8.54. The molecule has 0 bridgehead atoms. The van der Waals surface area contributed by atoms with Crippen LogP contribution in [0.5, 0.6) is 5.88 Å². The molecule has 1 aromatic carbocycles. The second kappa shape index (κ2) is 7.81. The lowest BCUT2D eigenvalue weighted by molar-refractivity contribution is 0.293. The maximum atomic E-state index is 5.77. The third-order valence-electron chi connectivity index (χ3n) is 4.14. The molecule has 126 valence electrons. The summed E-state index contributed by atoms with van der Waals surface area (Å²) in [5.74, 6) is 2.22. The van der Waals surface area contributed by atoms with Gasteiger partial charge in [-0.3, -0.25) is 4.99 Å². The van der Waals surface area contributed by atoms with E-state index in [0.717, 1.165) is 23.0 Å². The van der Waals surface area contributed by atoms with Gasteiger partial charge in [-0.05, 0) is 29.5 Å². The normalized spacial score (nSPS) is 19.7. The molecule has 24 heavy (non-hydrogen) atoms. The SMILES string of the molecule is CN=C(NCc1ccnc(OCc2ccccc2)c1)NC1CC1C. The van der Waals surface area contributed by atoms with E-state index in [-0.39, 0.29) is 0 Å². The molecule has 1 saturated carbocycles. The van der Waals surface area contributed by atoms with Crippen molar-refractivity contribution < 1.29 is 4.74 Å². The molecule has 0 radical (unpaired) electrons. The molecule has 1 aliphatic rings. The Morgan fingerprint density at radius 3 is 2.75 bits per heavy atom. The first-order chi connectivity index (χ1) is 11.7. The van der Waals surface area contributed by atoms with Crippen LogP contribution in [0.1, 0.15) is 24.5 Å². The second-order valence-electron chi connectivity index (χ2n) is 6.17. The van der Waals surface area contributed by atoms with Gasteiger partial charge >= 0.3 is 0 Å². The zero-order chi connectivity index (χ0) is 16.8. The fraction of sp³-hybridized carbons (Fsp3) is 0.368. The monoisotopic (exact) mass is 324 g/mol. The number of rotatable bonds is 6. The van der Waals surface area contributed by atoms with E-state index in [0.29, 0.717) is 25.1 Å². The minimum atomic E-state index is 0.521. The summed E-state index contributed by atoms with van der Waals surface area (Å²) >= 11 is 0. The van der Waals surface area contributed by atoms with Crippen molar-refractivity contribution in [2.24, 2.45) is 10.9 Å². The average molecular weight is 324 g/mol. The Kier molecular flexibility index (Phi) is 5.31. The van der Waals surface area contributed by atoms with Crippen LogP contribution >= 0.6 is 0 Å². The molecule has 0 spiro atoms. The quantitative estimate of drug-likeness (QED) is 0.634. The van der Waals surface area contributed by atoms with Crippen LogP contribution in [0.25, 0.3) is 0 Å². The Labute approximate surface area is 143 Å². The summed E-state index contributed by atoms with van der Waals surface area (Å²) < 4.78 is 5.77. The Morgan fingerprint density at radius 2 is 2.04 bits per heavy atom. The van der Waals surface area contributed by atoms with Crippen molar-refractivity contribution in [3.63, 3.8) is 0 Å². The maximum absolute atomic E-state index is 5.77. The zero-order valence-electron chi connectivity index (χ0n) is 14.2. The fourth-order valence-electron chi connectivity index (χ4n) is 2.45. The van der Waals surface area contributed by atoms with E-state index >= 15 is 0 Å². The number of ether oxygens (including phenoxy) is 1. The van der Waals surface area contributed by atoms with Crippen LogP contribution in [0.2, 0.25) is 0 Å². The third kappa shape index (κ3) is 4.72. The van der Waals surface area contributed by atoms with Crippen molar-refractivity contribution in [1.82, 2.24) is 15.6 Å². The van der Waals surface area contributed by atoms with Crippen LogP contribution < -0.4 is 15.4 Å². The summed E-state index contributed by atoms with van der Waals surface area (Å²) in [6, 6.07) is 14.6. The van der Waals surface area contributed by atoms with E-state index in [1.165, 1.54) is 6.42 Å². The van der Waals surface area contributed by atoms with Crippen molar-refractivity contribution in [2.75, 3.05) is 7.05 Å². The smallest absolute Gasteiger partial charge is 0.213 e. The number of nitrogens with one attached hydrogen (secondary N) is 2. The zero-order valence-corrected chi connectivity index (χ0v) is 14.2. The van der Waals surface area contributed by atoms with Crippen molar-refractivity contribution >= 4 is 5.96 Å². The average Bonchev–Trinajstić information content (AvgIpc) is 3.33. The molecule has 0 amide bonds. The van der Waals surface area contributed by atoms with Gasteiger partial charge in [0, 0.05) is 31.9 Å². The van der Waals surface area contributed by atoms with Gasteiger partial charge in [0.2, 0.25) is 5.88 Å². The fourth-order valence-corrected chi connectivity index (χ4v) is 2.45. The molecular formula is C19H24N4O. The van der Waals surface area contributed by atoms with E-state index in [2.05, 4.69) is 27.5 Å². The number of hydrogen-bond acceptors (Lipinski definition) is 3. The molecule has 0 saturated heterocycles. The minimum Gasteiger partial charge on any atom is -0.473 e. The molecule has 2 N–H and O–H groups in total. The second-order valence-corrected chi connectivity index (χ2v) is 6.17. The first kappa shape index (κ1) is 16.3. The summed E-state index contributed by atoms with van der Waals surface area (Å²) in [5, 5.41) is 6.75. The van der Waals surface area contributed by atoms with Crippen molar-refractivity contribution in [1.29, 1.82) is 0 Å². The summed E-state index contributed by atoms with van der Waals surface area (Å²) in [6.07, 6.45) is 2.99. The highest BCUT2D eigenvalue weighted by Crippen LogP contribution is 2.28. The van der Waals surface area contributed by atoms with Crippen molar-refractivity contribution in [3.8, 4) is 5.88 Å². The number of nitrogens with zero attached hydrogens (tertiary/aromatic N) is 2. The minimum absolute atomic E-state index is 0.521. The van der Waals surface area contributed by atoms with Gasteiger partial charge in [-0.25, -0.2) is 4.98 Å². The van der Waals surface area contributed by atoms with E-state index in [9.17, 15) is 0 Å². The van der Waals surface area contributed by atoms with E-state index in [4.69, 9.17) is 4.74 Å². The number of hydrogen-bond donors (Lipinski definition) is 2. The third-order valence-corrected chi connectivity index (χ3v) is 4.14. The highest BCUT2D eigenvalue weighted by atomic mass is 16.5. The van der Waals surface area contributed by atoms with E-state index in [1.54, 1.807) is 13.2 Å². The first-order valence-electron chi connectivity index (χ1n) is 8.33.